The maximum Gasteiger partial charge on any atom is 0.256 e. The molecule has 2 heterocycles. The molecule has 3 aromatic rings. The first-order valence-electron chi connectivity index (χ1n) is 11.1. The zero-order chi connectivity index (χ0) is 22.7. The van der Waals surface area contributed by atoms with Gasteiger partial charge in [0, 0.05) is 60.6 Å². The Hall–Kier alpha value is -2.83. The Morgan fingerprint density at radius 2 is 1.69 bits per heavy atom. The van der Waals surface area contributed by atoms with E-state index in [9.17, 15) is 4.79 Å². The van der Waals surface area contributed by atoms with Crippen molar-refractivity contribution in [1.29, 1.82) is 0 Å². The number of nitrogens with zero attached hydrogens (tertiary/aromatic N) is 3. The summed E-state index contributed by atoms with van der Waals surface area (Å²) in [5.74, 6) is 0.450. The Morgan fingerprint density at radius 1 is 1.03 bits per heavy atom. The lowest BCUT2D eigenvalue weighted by Gasteiger charge is -2.38. The van der Waals surface area contributed by atoms with E-state index in [0.717, 1.165) is 37.4 Å². The highest BCUT2D eigenvalue weighted by atomic mass is 35.5. The highest BCUT2D eigenvalue weighted by molar-refractivity contribution is 6.30. The van der Waals surface area contributed by atoms with Crippen molar-refractivity contribution in [2.75, 3.05) is 36.4 Å². The Balaban J connectivity index is 1.42. The Kier molecular flexibility index (Phi) is 6.82. The lowest BCUT2D eigenvalue weighted by Crippen LogP contribution is -2.48. The molecule has 0 aliphatic carbocycles. The number of rotatable bonds is 6. The second-order valence-corrected chi connectivity index (χ2v) is 9.01. The molecule has 0 atom stereocenters. The van der Waals surface area contributed by atoms with Crippen molar-refractivity contribution in [2.24, 2.45) is 0 Å². The SMILES string of the molecule is Cc1nc(Nc2ccc(N3CCN(C(C)C)CC3)cc2)[nH]c(=O)c1Cc1ccc(Cl)cc1. The summed E-state index contributed by atoms with van der Waals surface area (Å²) in [5, 5.41) is 3.91. The van der Waals surface area contributed by atoms with Crippen LogP contribution in [0.15, 0.2) is 53.3 Å². The molecule has 0 spiro atoms. The molecule has 0 saturated carbocycles. The minimum atomic E-state index is -0.130. The standard InChI is InChI=1S/C25H30ClN5O/c1-17(2)30-12-14-31(15-13-30)22-10-8-21(9-11-22)28-25-27-18(3)23(24(32)29-25)16-19-4-6-20(26)7-5-19/h4-11,17H,12-16H2,1-3H3,(H2,27,28,29,32). The lowest BCUT2D eigenvalue weighted by molar-refractivity contribution is 0.209. The van der Waals surface area contributed by atoms with Crippen LogP contribution in [0.1, 0.15) is 30.7 Å². The molecule has 1 saturated heterocycles. The predicted octanol–water partition coefficient (Wildman–Crippen LogP) is 4.60. The van der Waals surface area contributed by atoms with Gasteiger partial charge >= 0.3 is 0 Å². The summed E-state index contributed by atoms with van der Waals surface area (Å²) in [5.41, 5.74) is 4.38. The summed E-state index contributed by atoms with van der Waals surface area (Å²) >= 11 is 5.95. The molecule has 7 heteroatoms. The molecule has 1 aliphatic rings. The second kappa shape index (κ2) is 9.76. The van der Waals surface area contributed by atoms with Gasteiger partial charge in [-0.15, -0.1) is 0 Å². The Morgan fingerprint density at radius 3 is 2.28 bits per heavy atom. The number of nitrogens with one attached hydrogen (secondary N) is 2. The first kappa shape index (κ1) is 22.4. The van der Waals surface area contributed by atoms with Crippen LogP contribution in [0.3, 0.4) is 0 Å². The molecule has 6 nitrogen and oxygen atoms in total. The number of aryl methyl sites for hydroxylation is 1. The third kappa shape index (κ3) is 5.31. The average molecular weight is 452 g/mol. The third-order valence-electron chi connectivity index (χ3n) is 6.06. The summed E-state index contributed by atoms with van der Waals surface area (Å²) in [6, 6.07) is 16.4. The number of hydrogen-bond donors (Lipinski definition) is 2. The number of piperazine rings is 1. The molecule has 0 unspecified atom stereocenters. The number of halogens is 1. The van der Waals surface area contributed by atoms with Gasteiger partial charge in [0.25, 0.3) is 5.56 Å². The molecule has 32 heavy (non-hydrogen) atoms. The molecular weight excluding hydrogens is 422 g/mol. The monoisotopic (exact) mass is 451 g/mol. The zero-order valence-electron chi connectivity index (χ0n) is 18.9. The molecule has 0 radical (unpaired) electrons. The van der Waals surface area contributed by atoms with Gasteiger partial charge in [-0.1, -0.05) is 23.7 Å². The Bertz CT molecular complexity index is 1100. The van der Waals surface area contributed by atoms with Crippen molar-refractivity contribution in [1.82, 2.24) is 14.9 Å². The van der Waals surface area contributed by atoms with E-state index in [4.69, 9.17) is 11.6 Å². The molecular formula is C25H30ClN5O. The minimum absolute atomic E-state index is 0.130. The van der Waals surface area contributed by atoms with Crippen LogP contribution in [-0.4, -0.2) is 47.1 Å². The fraction of sp³-hybridized carbons (Fsp3) is 0.360. The van der Waals surface area contributed by atoms with E-state index in [-0.39, 0.29) is 5.56 Å². The van der Waals surface area contributed by atoms with Gasteiger partial charge in [-0.25, -0.2) is 4.98 Å². The Labute approximate surface area is 194 Å². The summed E-state index contributed by atoms with van der Waals surface area (Å²) in [6.45, 7) is 10.6. The van der Waals surface area contributed by atoms with Gasteiger partial charge in [0.2, 0.25) is 5.95 Å². The van der Waals surface area contributed by atoms with Crippen LogP contribution in [0.5, 0.6) is 0 Å². The zero-order valence-corrected chi connectivity index (χ0v) is 19.6. The summed E-state index contributed by atoms with van der Waals surface area (Å²) in [6.07, 6.45) is 0.518. The van der Waals surface area contributed by atoms with Gasteiger partial charge in [-0.2, -0.15) is 0 Å². The summed E-state index contributed by atoms with van der Waals surface area (Å²) in [7, 11) is 0. The first-order valence-corrected chi connectivity index (χ1v) is 11.5. The van der Waals surface area contributed by atoms with Crippen LogP contribution < -0.4 is 15.8 Å². The van der Waals surface area contributed by atoms with Gasteiger partial charge in [0.1, 0.15) is 0 Å². The van der Waals surface area contributed by atoms with Gasteiger partial charge in [-0.05, 0) is 62.7 Å². The van der Waals surface area contributed by atoms with Crippen LogP contribution in [0.25, 0.3) is 0 Å². The van der Waals surface area contributed by atoms with E-state index in [0.29, 0.717) is 34.7 Å². The van der Waals surface area contributed by atoms with Crippen LogP contribution >= 0.6 is 11.6 Å². The predicted molar refractivity (Wildman–Crippen MR) is 132 cm³/mol. The molecule has 0 amide bonds. The number of hydrogen-bond acceptors (Lipinski definition) is 5. The largest absolute Gasteiger partial charge is 0.369 e. The van der Waals surface area contributed by atoms with Gasteiger partial charge in [-0.3, -0.25) is 14.7 Å². The van der Waals surface area contributed by atoms with Crippen LogP contribution in [0.4, 0.5) is 17.3 Å². The number of H-pyrrole nitrogens is 1. The summed E-state index contributed by atoms with van der Waals surface area (Å²) < 4.78 is 0. The number of aromatic nitrogens is 2. The van der Waals surface area contributed by atoms with Crippen LogP contribution in [0, 0.1) is 6.92 Å². The quantitative estimate of drug-likeness (QED) is 0.573. The van der Waals surface area contributed by atoms with Crippen molar-refractivity contribution in [2.45, 2.75) is 33.2 Å². The van der Waals surface area contributed by atoms with Crippen LogP contribution in [-0.2, 0) is 6.42 Å². The fourth-order valence-electron chi connectivity index (χ4n) is 4.07. The van der Waals surface area contributed by atoms with E-state index in [1.807, 2.05) is 43.3 Å². The molecule has 2 aromatic carbocycles. The molecule has 2 N–H and O–H groups in total. The van der Waals surface area contributed by atoms with Crippen LogP contribution in [0.2, 0.25) is 5.02 Å². The highest BCUT2D eigenvalue weighted by Gasteiger charge is 2.19. The topological polar surface area (TPSA) is 64.3 Å². The summed E-state index contributed by atoms with van der Waals surface area (Å²) in [4.78, 5) is 25.0. The first-order chi connectivity index (χ1) is 15.4. The van der Waals surface area contributed by atoms with Crippen molar-refractivity contribution in [3.05, 3.63) is 80.7 Å². The molecule has 1 fully saturated rings. The average Bonchev–Trinajstić information content (AvgIpc) is 2.78. The molecule has 1 aromatic heterocycles. The van der Waals surface area contributed by atoms with E-state index in [2.05, 4.69) is 51.1 Å². The minimum Gasteiger partial charge on any atom is -0.369 e. The number of anilines is 3. The van der Waals surface area contributed by atoms with Crippen molar-refractivity contribution >= 4 is 28.9 Å². The fourth-order valence-corrected chi connectivity index (χ4v) is 4.20. The van der Waals surface area contributed by atoms with Gasteiger partial charge < -0.3 is 10.2 Å². The molecule has 1 aliphatic heterocycles. The maximum atomic E-state index is 12.7. The van der Waals surface area contributed by atoms with E-state index in [1.54, 1.807) is 0 Å². The van der Waals surface area contributed by atoms with Gasteiger partial charge in [0.15, 0.2) is 0 Å². The lowest BCUT2D eigenvalue weighted by atomic mass is 10.1. The van der Waals surface area contributed by atoms with Crippen molar-refractivity contribution < 1.29 is 0 Å². The number of benzene rings is 2. The molecule has 168 valence electrons. The normalized spacial score (nSPS) is 14.7. The highest BCUT2D eigenvalue weighted by Crippen LogP contribution is 2.22. The van der Waals surface area contributed by atoms with E-state index < -0.39 is 0 Å². The van der Waals surface area contributed by atoms with E-state index >= 15 is 0 Å². The van der Waals surface area contributed by atoms with Gasteiger partial charge in [0.05, 0.1) is 5.69 Å². The second-order valence-electron chi connectivity index (χ2n) is 8.57. The molecule has 0 bridgehead atoms. The maximum absolute atomic E-state index is 12.7. The third-order valence-corrected chi connectivity index (χ3v) is 6.31. The smallest absolute Gasteiger partial charge is 0.256 e. The van der Waals surface area contributed by atoms with Crippen molar-refractivity contribution in [3.63, 3.8) is 0 Å². The van der Waals surface area contributed by atoms with E-state index in [1.165, 1.54) is 5.69 Å². The molecule has 4 rings (SSSR count). The number of aromatic amines is 1. The van der Waals surface area contributed by atoms with Crippen molar-refractivity contribution in [3.8, 4) is 0 Å².